The summed E-state index contributed by atoms with van der Waals surface area (Å²) in [5.41, 5.74) is 0.409. The van der Waals surface area contributed by atoms with Crippen LogP contribution in [0, 0.1) is 11.6 Å². The van der Waals surface area contributed by atoms with E-state index in [0.717, 1.165) is 4.47 Å². The molecule has 0 aromatic heterocycles. The van der Waals surface area contributed by atoms with Crippen LogP contribution in [0.5, 0.6) is 5.75 Å². The molecule has 0 aliphatic heterocycles. The minimum atomic E-state index is -0.374. The number of rotatable bonds is 5. The van der Waals surface area contributed by atoms with Crippen molar-refractivity contribution in [3.63, 3.8) is 0 Å². The van der Waals surface area contributed by atoms with Crippen molar-refractivity contribution in [2.45, 2.75) is 6.54 Å². The van der Waals surface area contributed by atoms with Crippen LogP contribution < -0.4 is 4.74 Å². The van der Waals surface area contributed by atoms with Gasteiger partial charge in [-0.3, -0.25) is 4.79 Å². The fourth-order valence-electron chi connectivity index (χ4n) is 1.79. The number of hydrogen-bond acceptors (Lipinski definition) is 2. The van der Waals surface area contributed by atoms with Gasteiger partial charge in [-0.15, -0.1) is 0 Å². The van der Waals surface area contributed by atoms with Gasteiger partial charge in [0.15, 0.2) is 6.61 Å². The van der Waals surface area contributed by atoms with Gasteiger partial charge in [-0.1, -0.05) is 15.9 Å². The molecule has 0 unspecified atom stereocenters. The smallest absolute Gasteiger partial charge is 0.260 e. The molecule has 116 valence electrons. The molecule has 0 fully saturated rings. The van der Waals surface area contributed by atoms with Gasteiger partial charge in [0.05, 0.1) is 0 Å². The summed E-state index contributed by atoms with van der Waals surface area (Å²) in [7, 11) is 1.57. The van der Waals surface area contributed by atoms with Crippen LogP contribution in [-0.2, 0) is 11.3 Å². The molecule has 0 aliphatic carbocycles. The van der Waals surface area contributed by atoms with Gasteiger partial charge >= 0.3 is 0 Å². The largest absolute Gasteiger partial charge is 0.484 e. The normalized spacial score (nSPS) is 10.4. The Bertz CT molecular complexity index is 662. The number of hydrogen-bond donors (Lipinski definition) is 0. The highest BCUT2D eigenvalue weighted by Crippen LogP contribution is 2.17. The summed E-state index contributed by atoms with van der Waals surface area (Å²) in [6, 6.07) is 9.94. The van der Waals surface area contributed by atoms with Crippen LogP contribution in [0.2, 0.25) is 0 Å². The molecule has 1 amide bonds. The zero-order valence-corrected chi connectivity index (χ0v) is 13.4. The first-order valence-corrected chi connectivity index (χ1v) is 7.31. The molecule has 3 nitrogen and oxygen atoms in total. The first-order chi connectivity index (χ1) is 10.5. The third-order valence-electron chi connectivity index (χ3n) is 3.02. The van der Waals surface area contributed by atoms with Crippen LogP contribution in [0.4, 0.5) is 8.78 Å². The summed E-state index contributed by atoms with van der Waals surface area (Å²) in [4.78, 5) is 13.3. The molecule has 0 saturated heterocycles. The van der Waals surface area contributed by atoms with Crippen molar-refractivity contribution in [1.29, 1.82) is 0 Å². The van der Waals surface area contributed by atoms with Gasteiger partial charge in [-0.25, -0.2) is 8.78 Å². The van der Waals surface area contributed by atoms with Crippen LogP contribution in [0.3, 0.4) is 0 Å². The predicted molar refractivity (Wildman–Crippen MR) is 82.5 cm³/mol. The zero-order chi connectivity index (χ0) is 16.1. The second-order valence-corrected chi connectivity index (χ2v) is 5.64. The van der Waals surface area contributed by atoms with E-state index >= 15 is 0 Å². The summed E-state index contributed by atoms with van der Waals surface area (Å²) in [5.74, 6) is -0.649. The standard InChI is InChI=1S/C16H14BrF2NO2/c1-20(9-11-8-12(17)2-7-15(11)19)16(21)10-22-14-5-3-13(18)4-6-14/h2-8H,9-10H2,1H3. The molecule has 0 saturated carbocycles. The highest BCUT2D eigenvalue weighted by molar-refractivity contribution is 9.10. The fourth-order valence-corrected chi connectivity index (χ4v) is 2.20. The Hall–Kier alpha value is -1.95. The molecular formula is C16H14BrF2NO2. The van der Waals surface area contributed by atoms with E-state index in [2.05, 4.69) is 15.9 Å². The van der Waals surface area contributed by atoms with Crippen LogP contribution in [0.15, 0.2) is 46.9 Å². The highest BCUT2D eigenvalue weighted by Gasteiger charge is 2.13. The predicted octanol–water partition coefficient (Wildman–Crippen LogP) is 3.76. The van der Waals surface area contributed by atoms with Crippen molar-refractivity contribution in [1.82, 2.24) is 4.90 Å². The number of benzene rings is 2. The molecule has 2 aromatic carbocycles. The van der Waals surface area contributed by atoms with Crippen molar-refractivity contribution < 1.29 is 18.3 Å². The second kappa shape index (κ2) is 7.35. The van der Waals surface area contributed by atoms with Gasteiger partial charge in [-0.05, 0) is 42.5 Å². The Labute approximate surface area is 135 Å². The number of amides is 1. The Morgan fingerprint density at radius 3 is 2.55 bits per heavy atom. The Morgan fingerprint density at radius 2 is 1.86 bits per heavy atom. The van der Waals surface area contributed by atoms with Crippen molar-refractivity contribution in [3.8, 4) is 5.75 Å². The summed E-state index contributed by atoms with van der Waals surface area (Å²) < 4.78 is 32.4. The third kappa shape index (κ3) is 4.53. The number of nitrogens with zero attached hydrogens (tertiary/aromatic N) is 1. The number of halogens is 3. The first kappa shape index (κ1) is 16.4. The lowest BCUT2D eigenvalue weighted by atomic mass is 10.2. The fraction of sp³-hybridized carbons (Fsp3) is 0.188. The quantitative estimate of drug-likeness (QED) is 0.802. The summed E-state index contributed by atoms with van der Waals surface area (Å²) >= 11 is 3.26. The number of carbonyl (C=O) groups excluding carboxylic acids is 1. The van der Waals surface area contributed by atoms with Crippen LogP contribution in [0.1, 0.15) is 5.56 Å². The van der Waals surface area contributed by atoms with E-state index in [1.165, 1.54) is 35.2 Å². The maximum absolute atomic E-state index is 13.7. The van der Waals surface area contributed by atoms with E-state index < -0.39 is 0 Å². The highest BCUT2D eigenvalue weighted by atomic mass is 79.9. The van der Waals surface area contributed by atoms with Crippen molar-refractivity contribution in [2.24, 2.45) is 0 Å². The molecule has 0 aliphatic rings. The molecule has 0 atom stereocenters. The number of likely N-dealkylation sites (N-methyl/N-ethyl adjacent to an activating group) is 1. The Balaban J connectivity index is 1.91. The molecule has 6 heteroatoms. The lowest BCUT2D eigenvalue weighted by Gasteiger charge is -2.18. The van der Waals surface area contributed by atoms with Crippen molar-refractivity contribution in [2.75, 3.05) is 13.7 Å². The molecule has 2 aromatic rings. The van der Waals surface area contributed by atoms with E-state index in [-0.39, 0.29) is 30.7 Å². The van der Waals surface area contributed by atoms with Gasteiger partial charge in [0.1, 0.15) is 17.4 Å². The maximum atomic E-state index is 13.7. The molecule has 2 rings (SSSR count). The summed E-state index contributed by atoms with van der Waals surface area (Å²) in [6.45, 7) is -0.0609. The van der Waals surface area contributed by atoms with Crippen LogP contribution in [0.25, 0.3) is 0 Å². The van der Waals surface area contributed by atoms with Gasteiger partial charge in [0.2, 0.25) is 0 Å². The molecule has 0 radical (unpaired) electrons. The van der Waals surface area contributed by atoms with Gasteiger partial charge < -0.3 is 9.64 Å². The first-order valence-electron chi connectivity index (χ1n) is 6.52. The minimum absolute atomic E-state index is 0.136. The lowest BCUT2D eigenvalue weighted by Crippen LogP contribution is -2.31. The second-order valence-electron chi connectivity index (χ2n) is 4.73. The van der Waals surface area contributed by atoms with Gasteiger partial charge in [-0.2, -0.15) is 0 Å². The summed E-state index contributed by atoms with van der Waals surface area (Å²) in [6.07, 6.45) is 0. The van der Waals surface area contributed by atoms with Crippen molar-refractivity contribution >= 4 is 21.8 Å². The molecule has 22 heavy (non-hydrogen) atoms. The van der Waals surface area contributed by atoms with Gasteiger partial charge in [0.25, 0.3) is 5.91 Å². The molecule has 0 spiro atoms. The maximum Gasteiger partial charge on any atom is 0.260 e. The molecule has 0 heterocycles. The Morgan fingerprint density at radius 1 is 1.18 bits per heavy atom. The molecular weight excluding hydrogens is 356 g/mol. The SMILES string of the molecule is CN(Cc1cc(Br)ccc1F)C(=O)COc1ccc(F)cc1. The van der Waals surface area contributed by atoms with Gasteiger partial charge in [0, 0.05) is 23.6 Å². The van der Waals surface area contributed by atoms with E-state index in [0.29, 0.717) is 11.3 Å². The Kier molecular flexibility index (Phi) is 5.49. The third-order valence-corrected chi connectivity index (χ3v) is 3.51. The summed E-state index contributed by atoms with van der Waals surface area (Å²) in [5, 5.41) is 0. The monoisotopic (exact) mass is 369 g/mol. The van der Waals surface area contributed by atoms with E-state index in [1.54, 1.807) is 19.2 Å². The van der Waals surface area contributed by atoms with Crippen LogP contribution >= 0.6 is 15.9 Å². The zero-order valence-electron chi connectivity index (χ0n) is 11.9. The molecule has 0 N–H and O–H groups in total. The lowest BCUT2D eigenvalue weighted by molar-refractivity contribution is -0.132. The number of ether oxygens (including phenoxy) is 1. The van der Waals surface area contributed by atoms with Crippen LogP contribution in [-0.4, -0.2) is 24.5 Å². The number of carbonyl (C=O) groups is 1. The van der Waals surface area contributed by atoms with E-state index in [9.17, 15) is 13.6 Å². The van der Waals surface area contributed by atoms with E-state index in [1.807, 2.05) is 0 Å². The molecule has 0 bridgehead atoms. The van der Waals surface area contributed by atoms with E-state index in [4.69, 9.17) is 4.74 Å². The topological polar surface area (TPSA) is 29.5 Å². The van der Waals surface area contributed by atoms with Crippen molar-refractivity contribution in [3.05, 3.63) is 64.1 Å². The minimum Gasteiger partial charge on any atom is -0.484 e. The average Bonchev–Trinajstić information content (AvgIpc) is 2.50. The average molecular weight is 370 g/mol.